The largest absolute Gasteiger partial charge is 0.300 e. The Labute approximate surface area is 91.8 Å². The molecular formula is C14H18O. The maximum atomic E-state index is 10.9. The fraction of sp³-hybridized carbons (Fsp3) is 0.357. The van der Waals surface area contributed by atoms with Gasteiger partial charge in [0.25, 0.3) is 0 Å². The molecule has 15 heavy (non-hydrogen) atoms. The third-order valence-electron chi connectivity index (χ3n) is 2.39. The molecule has 80 valence electrons. The second-order valence-corrected chi connectivity index (χ2v) is 4.09. The summed E-state index contributed by atoms with van der Waals surface area (Å²) in [6.07, 6.45) is 2.73. The first kappa shape index (κ1) is 11.7. The van der Waals surface area contributed by atoms with Gasteiger partial charge in [-0.2, -0.15) is 0 Å². The Kier molecular flexibility index (Phi) is 4.29. The van der Waals surface area contributed by atoms with Crippen molar-refractivity contribution >= 4 is 5.78 Å². The van der Waals surface area contributed by atoms with Gasteiger partial charge in [-0.25, -0.2) is 0 Å². The predicted molar refractivity (Wildman–Crippen MR) is 63.9 cm³/mol. The Morgan fingerprint density at radius 1 is 1.27 bits per heavy atom. The zero-order valence-electron chi connectivity index (χ0n) is 9.66. The Hall–Kier alpha value is -1.37. The summed E-state index contributed by atoms with van der Waals surface area (Å²) in [4.78, 5) is 10.9. The fourth-order valence-electron chi connectivity index (χ4n) is 1.73. The molecule has 1 unspecified atom stereocenters. The summed E-state index contributed by atoms with van der Waals surface area (Å²) in [7, 11) is 0. The smallest absolute Gasteiger partial charge is 0.133 e. The van der Waals surface area contributed by atoms with E-state index < -0.39 is 0 Å². The number of ketones is 1. The van der Waals surface area contributed by atoms with Gasteiger partial charge >= 0.3 is 0 Å². The highest BCUT2D eigenvalue weighted by Gasteiger charge is 2.02. The van der Waals surface area contributed by atoms with Crippen molar-refractivity contribution in [2.24, 2.45) is 0 Å². The molecule has 0 fully saturated rings. The van der Waals surface area contributed by atoms with Gasteiger partial charge in [-0.15, -0.1) is 0 Å². The van der Waals surface area contributed by atoms with E-state index in [0.29, 0.717) is 12.3 Å². The molecular weight excluding hydrogens is 184 g/mol. The van der Waals surface area contributed by atoms with Gasteiger partial charge in [0.05, 0.1) is 0 Å². The van der Waals surface area contributed by atoms with E-state index in [0.717, 1.165) is 5.57 Å². The Bertz CT molecular complexity index is 349. The van der Waals surface area contributed by atoms with Gasteiger partial charge in [-0.1, -0.05) is 48.9 Å². The number of Topliss-reactive ketones (excluding diaryl/α,β-unsaturated/α-hetero) is 1. The van der Waals surface area contributed by atoms with Crippen LogP contribution in [0.3, 0.4) is 0 Å². The molecule has 0 aliphatic rings. The van der Waals surface area contributed by atoms with Crippen LogP contribution in [0.1, 0.15) is 38.7 Å². The number of hydrogen-bond acceptors (Lipinski definition) is 1. The molecule has 1 aromatic rings. The number of benzene rings is 1. The van der Waals surface area contributed by atoms with Crippen LogP contribution in [-0.2, 0) is 4.79 Å². The molecule has 0 saturated heterocycles. The first-order valence-electron chi connectivity index (χ1n) is 5.31. The molecule has 0 amide bonds. The summed E-state index contributed by atoms with van der Waals surface area (Å²) in [5, 5.41) is 0. The van der Waals surface area contributed by atoms with Crippen molar-refractivity contribution in [2.45, 2.75) is 33.1 Å². The molecule has 0 saturated carbocycles. The molecule has 0 heterocycles. The van der Waals surface area contributed by atoms with Crippen molar-refractivity contribution in [3.8, 4) is 0 Å². The van der Waals surface area contributed by atoms with E-state index in [1.165, 1.54) is 5.56 Å². The summed E-state index contributed by atoms with van der Waals surface area (Å²) in [6.45, 7) is 5.80. The van der Waals surface area contributed by atoms with Crippen molar-refractivity contribution in [1.82, 2.24) is 0 Å². The van der Waals surface area contributed by atoms with Gasteiger partial charge < -0.3 is 0 Å². The lowest BCUT2D eigenvalue weighted by atomic mass is 9.97. The Balaban J connectivity index is 2.70. The Morgan fingerprint density at radius 3 is 2.40 bits per heavy atom. The third-order valence-corrected chi connectivity index (χ3v) is 2.39. The van der Waals surface area contributed by atoms with Crippen molar-refractivity contribution in [3.05, 3.63) is 47.5 Å². The van der Waals surface area contributed by atoms with Gasteiger partial charge in [0.2, 0.25) is 0 Å². The van der Waals surface area contributed by atoms with Crippen LogP contribution in [0.25, 0.3) is 0 Å². The highest BCUT2D eigenvalue weighted by atomic mass is 16.1. The van der Waals surface area contributed by atoms with Crippen LogP contribution >= 0.6 is 0 Å². The summed E-state index contributed by atoms with van der Waals surface area (Å²) >= 11 is 0. The lowest BCUT2D eigenvalue weighted by molar-refractivity contribution is -0.116. The molecule has 0 radical (unpaired) electrons. The van der Waals surface area contributed by atoms with Crippen molar-refractivity contribution in [1.29, 1.82) is 0 Å². The first-order chi connectivity index (χ1) is 7.09. The maximum absolute atomic E-state index is 10.9. The average Bonchev–Trinajstić information content (AvgIpc) is 2.17. The molecule has 0 spiro atoms. The van der Waals surface area contributed by atoms with Crippen molar-refractivity contribution in [3.63, 3.8) is 0 Å². The van der Waals surface area contributed by atoms with E-state index in [2.05, 4.69) is 25.1 Å². The van der Waals surface area contributed by atoms with Crippen LogP contribution in [0, 0.1) is 0 Å². The van der Waals surface area contributed by atoms with Gasteiger partial charge in [-0.05, 0) is 25.3 Å². The topological polar surface area (TPSA) is 17.1 Å². The number of allylic oxidation sites excluding steroid dienone is 2. The maximum Gasteiger partial charge on any atom is 0.133 e. The standard InChI is InChI=1S/C14H18O/c1-11(10-13(3)15)9-12(2)14-7-5-4-6-8-14/h4-9,12H,10H2,1-3H3/b11-9+. The minimum atomic E-state index is 0.226. The third kappa shape index (κ3) is 4.11. The monoisotopic (exact) mass is 202 g/mol. The molecule has 0 aromatic heterocycles. The van der Waals surface area contributed by atoms with E-state index in [9.17, 15) is 4.79 Å². The molecule has 0 aliphatic carbocycles. The van der Waals surface area contributed by atoms with Gasteiger partial charge in [0.15, 0.2) is 0 Å². The predicted octanol–water partition coefficient (Wildman–Crippen LogP) is 3.72. The highest BCUT2D eigenvalue weighted by Crippen LogP contribution is 2.18. The molecule has 0 aliphatic heterocycles. The lowest BCUT2D eigenvalue weighted by Gasteiger charge is -2.08. The fourth-order valence-corrected chi connectivity index (χ4v) is 1.73. The summed E-state index contributed by atoms with van der Waals surface area (Å²) < 4.78 is 0. The number of carbonyl (C=O) groups is 1. The average molecular weight is 202 g/mol. The van der Waals surface area contributed by atoms with Crippen LogP contribution in [0.4, 0.5) is 0 Å². The zero-order valence-corrected chi connectivity index (χ0v) is 9.66. The van der Waals surface area contributed by atoms with Gasteiger partial charge in [-0.3, -0.25) is 4.79 Å². The minimum absolute atomic E-state index is 0.226. The first-order valence-corrected chi connectivity index (χ1v) is 5.31. The number of carbonyl (C=O) groups excluding carboxylic acids is 1. The van der Waals surface area contributed by atoms with E-state index in [1.54, 1.807) is 6.92 Å². The zero-order chi connectivity index (χ0) is 11.3. The quantitative estimate of drug-likeness (QED) is 0.680. The Morgan fingerprint density at radius 2 is 1.87 bits per heavy atom. The van der Waals surface area contributed by atoms with Crippen molar-refractivity contribution < 1.29 is 4.79 Å². The van der Waals surface area contributed by atoms with E-state index in [-0.39, 0.29) is 5.78 Å². The second kappa shape index (κ2) is 5.50. The molecule has 1 atom stereocenters. The van der Waals surface area contributed by atoms with Crippen molar-refractivity contribution in [2.75, 3.05) is 0 Å². The van der Waals surface area contributed by atoms with E-state index >= 15 is 0 Å². The molecule has 1 aromatic carbocycles. The summed E-state index contributed by atoms with van der Waals surface area (Å²) in [5.74, 6) is 0.606. The summed E-state index contributed by atoms with van der Waals surface area (Å²) in [6, 6.07) is 10.3. The SMILES string of the molecule is CC(=O)C/C(C)=C/C(C)c1ccccc1. The van der Waals surface area contributed by atoms with Crippen LogP contribution in [0.5, 0.6) is 0 Å². The molecule has 0 N–H and O–H groups in total. The normalized spacial score (nSPS) is 13.7. The van der Waals surface area contributed by atoms with Crippen LogP contribution in [-0.4, -0.2) is 5.78 Å². The number of hydrogen-bond donors (Lipinski definition) is 0. The summed E-state index contributed by atoms with van der Waals surface area (Å²) in [5.41, 5.74) is 2.44. The van der Waals surface area contributed by atoms with Crippen LogP contribution in [0.15, 0.2) is 42.0 Å². The lowest BCUT2D eigenvalue weighted by Crippen LogP contribution is -1.94. The minimum Gasteiger partial charge on any atom is -0.300 e. The second-order valence-electron chi connectivity index (χ2n) is 4.09. The highest BCUT2D eigenvalue weighted by molar-refractivity contribution is 5.77. The van der Waals surface area contributed by atoms with Gasteiger partial charge in [0.1, 0.15) is 5.78 Å². The molecule has 1 nitrogen and oxygen atoms in total. The van der Waals surface area contributed by atoms with Gasteiger partial charge in [0, 0.05) is 6.42 Å². The van der Waals surface area contributed by atoms with Crippen LogP contribution in [0.2, 0.25) is 0 Å². The molecule has 1 rings (SSSR count). The molecule has 1 heteroatoms. The van der Waals surface area contributed by atoms with Crippen LogP contribution < -0.4 is 0 Å². The molecule has 0 bridgehead atoms. The van der Waals surface area contributed by atoms with E-state index in [4.69, 9.17) is 0 Å². The van der Waals surface area contributed by atoms with E-state index in [1.807, 2.05) is 25.1 Å². The number of rotatable bonds is 4.